The number of alkyl halides is 1. The zero-order valence-corrected chi connectivity index (χ0v) is 14.6. The number of nitrogens with zero attached hydrogens (tertiary/aromatic N) is 3. The third kappa shape index (κ3) is 3.35. The highest BCUT2D eigenvalue weighted by molar-refractivity contribution is 5.79. The van der Waals surface area contributed by atoms with Crippen molar-refractivity contribution in [2.75, 3.05) is 26.3 Å². The molecule has 1 aromatic carbocycles. The number of likely N-dealkylation sites (tertiary alicyclic amines) is 1. The van der Waals surface area contributed by atoms with Crippen LogP contribution in [-0.4, -0.2) is 47.3 Å². The van der Waals surface area contributed by atoms with E-state index in [-0.39, 0.29) is 30.7 Å². The molecule has 7 heteroatoms. The maximum absolute atomic E-state index is 15.6. The van der Waals surface area contributed by atoms with Crippen LogP contribution in [0.15, 0.2) is 34.9 Å². The molecule has 0 aliphatic carbocycles. The standard InChI is InChI=1S/C19H22FN3O3/c20-19(18-21-16(22-26-18)14-5-2-1-3-6-14)9-4-10-23(13-19)17(24)15-7-11-25-12-8-15/h1-3,5-6,15H,4,7-13H2. The quantitative estimate of drug-likeness (QED) is 0.843. The normalized spacial score (nSPS) is 24.6. The Bertz CT molecular complexity index is 760. The molecule has 4 rings (SSSR count). The first-order valence-corrected chi connectivity index (χ1v) is 9.11. The number of piperidine rings is 1. The number of hydrogen-bond donors (Lipinski definition) is 0. The zero-order valence-electron chi connectivity index (χ0n) is 14.6. The van der Waals surface area contributed by atoms with Crippen LogP contribution < -0.4 is 0 Å². The van der Waals surface area contributed by atoms with Gasteiger partial charge in [-0.25, -0.2) is 4.39 Å². The molecule has 2 aromatic rings. The Morgan fingerprint density at radius 3 is 2.77 bits per heavy atom. The molecule has 1 aromatic heterocycles. The van der Waals surface area contributed by atoms with Gasteiger partial charge in [-0.15, -0.1) is 0 Å². The molecule has 0 saturated carbocycles. The number of carbonyl (C=O) groups is 1. The van der Waals surface area contributed by atoms with Crippen LogP contribution in [0.2, 0.25) is 0 Å². The summed E-state index contributed by atoms with van der Waals surface area (Å²) in [5.41, 5.74) is -1.02. The minimum absolute atomic E-state index is 0.0119. The molecular weight excluding hydrogens is 337 g/mol. The molecule has 2 aliphatic rings. The molecule has 138 valence electrons. The summed E-state index contributed by atoms with van der Waals surface area (Å²) in [7, 11) is 0. The second-order valence-electron chi connectivity index (χ2n) is 7.00. The Kier molecular flexibility index (Phi) is 4.72. The summed E-state index contributed by atoms with van der Waals surface area (Å²) in [4.78, 5) is 18.6. The maximum Gasteiger partial charge on any atom is 0.266 e. The zero-order chi connectivity index (χ0) is 18.0. The lowest BCUT2D eigenvalue weighted by Gasteiger charge is -2.37. The number of ether oxygens (including phenoxy) is 1. The van der Waals surface area contributed by atoms with Gasteiger partial charge in [0.25, 0.3) is 5.89 Å². The van der Waals surface area contributed by atoms with Crippen LogP contribution in [0.25, 0.3) is 11.4 Å². The molecule has 2 fully saturated rings. The molecule has 6 nitrogen and oxygen atoms in total. The van der Waals surface area contributed by atoms with Gasteiger partial charge in [-0.2, -0.15) is 4.98 Å². The van der Waals surface area contributed by atoms with E-state index >= 15 is 4.39 Å². The van der Waals surface area contributed by atoms with Gasteiger partial charge in [0, 0.05) is 31.2 Å². The third-order valence-corrected chi connectivity index (χ3v) is 5.17. The summed E-state index contributed by atoms with van der Waals surface area (Å²) >= 11 is 0. The van der Waals surface area contributed by atoms with Gasteiger partial charge in [-0.1, -0.05) is 35.5 Å². The summed E-state index contributed by atoms with van der Waals surface area (Å²) in [5.74, 6) is 0.262. The van der Waals surface area contributed by atoms with Crippen molar-refractivity contribution in [3.8, 4) is 11.4 Å². The molecule has 1 atom stereocenters. The number of amides is 1. The third-order valence-electron chi connectivity index (χ3n) is 5.17. The molecule has 1 amide bonds. The fraction of sp³-hybridized carbons (Fsp3) is 0.526. The number of aromatic nitrogens is 2. The van der Waals surface area contributed by atoms with Crippen molar-refractivity contribution in [2.45, 2.75) is 31.4 Å². The van der Waals surface area contributed by atoms with E-state index in [9.17, 15) is 4.79 Å². The first kappa shape index (κ1) is 17.1. The predicted molar refractivity (Wildman–Crippen MR) is 91.9 cm³/mol. The molecule has 1 unspecified atom stereocenters. The highest BCUT2D eigenvalue weighted by Crippen LogP contribution is 2.36. The largest absolute Gasteiger partial charge is 0.381 e. The van der Waals surface area contributed by atoms with Crippen LogP contribution in [-0.2, 0) is 15.2 Å². The van der Waals surface area contributed by atoms with Gasteiger partial charge in [-0.3, -0.25) is 4.79 Å². The van der Waals surface area contributed by atoms with Gasteiger partial charge in [0.15, 0.2) is 0 Å². The van der Waals surface area contributed by atoms with Crippen molar-refractivity contribution in [1.82, 2.24) is 15.0 Å². The summed E-state index contributed by atoms with van der Waals surface area (Å²) in [6.45, 7) is 1.73. The van der Waals surface area contributed by atoms with Crippen LogP contribution in [0.3, 0.4) is 0 Å². The molecule has 3 heterocycles. The fourth-order valence-corrected chi connectivity index (χ4v) is 3.69. The molecule has 0 N–H and O–H groups in total. The van der Waals surface area contributed by atoms with Crippen LogP contribution in [0.1, 0.15) is 31.6 Å². The lowest BCUT2D eigenvalue weighted by atomic mass is 9.91. The number of benzene rings is 1. The van der Waals surface area contributed by atoms with Crippen molar-refractivity contribution in [2.24, 2.45) is 5.92 Å². The number of halogens is 1. The second kappa shape index (κ2) is 7.15. The summed E-state index contributed by atoms with van der Waals surface area (Å²) in [6.07, 6.45) is 2.26. The average Bonchev–Trinajstić information content (AvgIpc) is 3.20. The number of carbonyl (C=O) groups excluding carboxylic acids is 1. The Hall–Kier alpha value is -2.28. The van der Waals surface area contributed by atoms with E-state index < -0.39 is 5.67 Å². The van der Waals surface area contributed by atoms with E-state index in [1.54, 1.807) is 4.90 Å². The van der Waals surface area contributed by atoms with Crippen molar-refractivity contribution in [3.63, 3.8) is 0 Å². The predicted octanol–water partition coefficient (Wildman–Crippen LogP) is 2.95. The Morgan fingerprint density at radius 1 is 1.23 bits per heavy atom. The van der Waals surface area contributed by atoms with Crippen molar-refractivity contribution < 1.29 is 18.4 Å². The molecular formula is C19H22FN3O3. The summed E-state index contributed by atoms with van der Waals surface area (Å²) in [5, 5.41) is 3.92. The highest BCUT2D eigenvalue weighted by atomic mass is 19.1. The van der Waals surface area contributed by atoms with Gasteiger partial charge in [0.05, 0.1) is 6.54 Å². The van der Waals surface area contributed by atoms with Gasteiger partial charge in [-0.05, 0) is 25.7 Å². The Balaban J connectivity index is 1.51. The average molecular weight is 359 g/mol. The summed E-state index contributed by atoms with van der Waals surface area (Å²) in [6, 6.07) is 9.32. The van der Waals surface area contributed by atoms with E-state index in [4.69, 9.17) is 9.26 Å². The van der Waals surface area contributed by atoms with Gasteiger partial charge >= 0.3 is 0 Å². The van der Waals surface area contributed by atoms with E-state index in [1.165, 1.54) is 0 Å². The lowest BCUT2D eigenvalue weighted by molar-refractivity contribution is -0.143. The monoisotopic (exact) mass is 359 g/mol. The Labute approximate surface area is 151 Å². The molecule has 0 bridgehead atoms. The molecule has 26 heavy (non-hydrogen) atoms. The van der Waals surface area contributed by atoms with Gasteiger partial charge in [0.1, 0.15) is 0 Å². The van der Waals surface area contributed by atoms with Crippen LogP contribution in [0.5, 0.6) is 0 Å². The Morgan fingerprint density at radius 2 is 2.00 bits per heavy atom. The first-order valence-electron chi connectivity index (χ1n) is 9.11. The van der Waals surface area contributed by atoms with Crippen LogP contribution in [0, 0.1) is 5.92 Å². The minimum Gasteiger partial charge on any atom is -0.381 e. The van der Waals surface area contributed by atoms with Crippen LogP contribution in [0.4, 0.5) is 4.39 Å². The number of hydrogen-bond acceptors (Lipinski definition) is 5. The molecule has 2 saturated heterocycles. The first-order chi connectivity index (χ1) is 12.7. The molecule has 2 aliphatic heterocycles. The molecule has 0 spiro atoms. The second-order valence-corrected chi connectivity index (χ2v) is 7.00. The van der Waals surface area contributed by atoms with Gasteiger partial charge in [0.2, 0.25) is 17.4 Å². The number of rotatable bonds is 3. The van der Waals surface area contributed by atoms with Gasteiger partial charge < -0.3 is 14.2 Å². The SMILES string of the molecule is O=C(C1CCOCC1)N1CCCC(F)(c2nc(-c3ccccc3)no2)C1. The maximum atomic E-state index is 15.6. The van der Waals surface area contributed by atoms with Crippen molar-refractivity contribution in [3.05, 3.63) is 36.2 Å². The van der Waals surface area contributed by atoms with Crippen LogP contribution >= 0.6 is 0 Å². The topological polar surface area (TPSA) is 68.5 Å². The fourth-order valence-electron chi connectivity index (χ4n) is 3.69. The van der Waals surface area contributed by atoms with E-state index in [0.717, 1.165) is 5.56 Å². The lowest BCUT2D eigenvalue weighted by Crippen LogP contribution is -2.49. The summed E-state index contributed by atoms with van der Waals surface area (Å²) < 4.78 is 26.2. The minimum atomic E-state index is -1.79. The highest BCUT2D eigenvalue weighted by Gasteiger charge is 2.44. The molecule has 0 radical (unpaired) electrons. The van der Waals surface area contributed by atoms with E-state index in [1.807, 2.05) is 30.3 Å². The van der Waals surface area contributed by atoms with E-state index in [2.05, 4.69) is 10.1 Å². The smallest absolute Gasteiger partial charge is 0.266 e. The van der Waals surface area contributed by atoms with Crippen molar-refractivity contribution >= 4 is 5.91 Å². The van der Waals surface area contributed by atoms with E-state index in [0.29, 0.717) is 44.8 Å². The van der Waals surface area contributed by atoms with Crippen molar-refractivity contribution in [1.29, 1.82) is 0 Å².